The Hall–Kier alpha value is -3.06. The average molecular weight is 428 g/mol. The van der Waals surface area contributed by atoms with Gasteiger partial charge in [0.25, 0.3) is 0 Å². The average Bonchev–Trinajstić information content (AvgIpc) is 3.22. The van der Waals surface area contributed by atoms with E-state index in [2.05, 4.69) is 38.8 Å². The van der Waals surface area contributed by atoms with Crippen LogP contribution in [0, 0.1) is 6.92 Å². The molecule has 0 aliphatic carbocycles. The molecule has 0 spiro atoms. The van der Waals surface area contributed by atoms with Crippen LogP contribution in [0.15, 0.2) is 52.0 Å². The summed E-state index contributed by atoms with van der Waals surface area (Å²) in [6.07, 6.45) is 1.41. The second-order valence-electron chi connectivity index (χ2n) is 6.76. The summed E-state index contributed by atoms with van der Waals surface area (Å²) in [5, 5.41) is 11.2. The van der Waals surface area contributed by atoms with Gasteiger partial charge in [-0.1, -0.05) is 46.6 Å². The van der Waals surface area contributed by atoms with Crippen molar-refractivity contribution < 1.29 is 9.26 Å². The Kier molecular flexibility index (Phi) is 7.68. The van der Waals surface area contributed by atoms with E-state index in [4.69, 9.17) is 20.9 Å². The van der Waals surface area contributed by atoms with E-state index >= 15 is 0 Å². The summed E-state index contributed by atoms with van der Waals surface area (Å²) in [5.74, 6) is 2.70. The highest BCUT2D eigenvalue weighted by Gasteiger charge is 2.09. The number of guanidine groups is 1. The minimum absolute atomic E-state index is 0.530. The van der Waals surface area contributed by atoms with E-state index in [1.165, 1.54) is 11.1 Å². The monoisotopic (exact) mass is 427 g/mol. The number of aryl methyl sites for hydroxylation is 1. The maximum Gasteiger partial charge on any atom is 0.228 e. The molecule has 1 heterocycles. The highest BCUT2D eigenvalue weighted by atomic mass is 35.5. The van der Waals surface area contributed by atoms with Crippen LogP contribution in [-0.2, 0) is 12.8 Å². The number of benzene rings is 2. The van der Waals surface area contributed by atoms with Gasteiger partial charge < -0.3 is 19.9 Å². The first-order valence-electron chi connectivity index (χ1n) is 9.75. The van der Waals surface area contributed by atoms with Gasteiger partial charge in [-0.3, -0.25) is 4.99 Å². The zero-order valence-corrected chi connectivity index (χ0v) is 18.2. The lowest BCUT2D eigenvalue weighted by Gasteiger charge is -2.13. The highest BCUT2D eigenvalue weighted by Crippen LogP contribution is 2.20. The van der Waals surface area contributed by atoms with Gasteiger partial charge in [0.15, 0.2) is 5.96 Å². The molecule has 0 saturated heterocycles. The smallest absolute Gasteiger partial charge is 0.228 e. The normalized spacial score (nSPS) is 11.4. The fraction of sp³-hybridized carbons (Fsp3) is 0.318. The van der Waals surface area contributed by atoms with Crippen LogP contribution in [0.3, 0.4) is 0 Å². The third-order valence-corrected chi connectivity index (χ3v) is 4.76. The van der Waals surface area contributed by atoms with Crippen molar-refractivity contribution in [1.82, 2.24) is 20.8 Å². The van der Waals surface area contributed by atoms with Crippen molar-refractivity contribution in [3.05, 3.63) is 64.5 Å². The van der Waals surface area contributed by atoms with Crippen LogP contribution in [0.2, 0.25) is 5.02 Å². The fourth-order valence-electron chi connectivity index (χ4n) is 3.03. The topological polar surface area (TPSA) is 84.6 Å². The Labute approximate surface area is 181 Å². The number of aromatic nitrogens is 2. The van der Waals surface area contributed by atoms with E-state index in [9.17, 15) is 0 Å². The summed E-state index contributed by atoms with van der Waals surface area (Å²) in [6.45, 7) is 3.43. The van der Waals surface area contributed by atoms with Crippen molar-refractivity contribution in [2.24, 2.45) is 4.99 Å². The number of methoxy groups -OCH3 is 1. The largest absolute Gasteiger partial charge is 0.496 e. The second-order valence-corrected chi connectivity index (χ2v) is 7.20. The number of nitrogens with one attached hydrogen (secondary N) is 2. The van der Waals surface area contributed by atoms with Gasteiger partial charge in [-0.05, 0) is 37.1 Å². The summed E-state index contributed by atoms with van der Waals surface area (Å²) >= 11 is 6.02. The summed E-state index contributed by atoms with van der Waals surface area (Å²) < 4.78 is 10.8. The van der Waals surface area contributed by atoms with Crippen molar-refractivity contribution in [2.75, 3.05) is 27.2 Å². The lowest BCUT2D eigenvalue weighted by molar-refractivity contribution is 0.378. The van der Waals surface area contributed by atoms with E-state index < -0.39 is 0 Å². The van der Waals surface area contributed by atoms with Crippen molar-refractivity contribution >= 4 is 17.6 Å². The van der Waals surface area contributed by atoms with Crippen LogP contribution < -0.4 is 15.4 Å². The van der Waals surface area contributed by atoms with Crippen LogP contribution in [0.25, 0.3) is 11.4 Å². The van der Waals surface area contributed by atoms with E-state index in [0.717, 1.165) is 30.2 Å². The second kappa shape index (κ2) is 10.6. The molecule has 2 aromatic carbocycles. The van der Waals surface area contributed by atoms with Crippen LogP contribution in [0.1, 0.15) is 17.0 Å². The molecule has 7 nitrogen and oxygen atoms in total. The summed E-state index contributed by atoms with van der Waals surface area (Å²) in [7, 11) is 3.43. The standard InChI is InChI=1S/C22H26ClN5O2/c1-15-7-8-19(29-3)16(13-15)9-11-25-22(24-2)26-12-10-20-27-21(28-30-20)17-5-4-6-18(23)14-17/h4-8,13-14H,9-12H2,1-3H3,(H2,24,25,26). The Morgan fingerprint density at radius 1 is 1.13 bits per heavy atom. The van der Waals surface area contributed by atoms with Crippen molar-refractivity contribution in [2.45, 2.75) is 19.8 Å². The van der Waals surface area contributed by atoms with Gasteiger partial charge in [0, 0.05) is 37.1 Å². The molecule has 0 fully saturated rings. The lowest BCUT2D eigenvalue weighted by atomic mass is 10.1. The summed E-state index contributed by atoms with van der Waals surface area (Å²) in [4.78, 5) is 8.68. The predicted molar refractivity (Wildman–Crippen MR) is 119 cm³/mol. The van der Waals surface area contributed by atoms with Crippen LogP contribution in [0.4, 0.5) is 0 Å². The number of nitrogens with zero attached hydrogens (tertiary/aromatic N) is 3. The third kappa shape index (κ3) is 5.97. The first-order valence-corrected chi connectivity index (χ1v) is 10.1. The number of rotatable bonds is 8. The molecule has 2 N–H and O–H groups in total. The van der Waals surface area contributed by atoms with Crippen LogP contribution in [-0.4, -0.2) is 43.3 Å². The Morgan fingerprint density at radius 2 is 1.93 bits per heavy atom. The first kappa shape index (κ1) is 21.6. The summed E-state index contributed by atoms with van der Waals surface area (Å²) in [5.41, 5.74) is 3.21. The zero-order chi connectivity index (χ0) is 21.3. The number of hydrogen-bond acceptors (Lipinski definition) is 5. The third-order valence-electron chi connectivity index (χ3n) is 4.53. The molecule has 30 heavy (non-hydrogen) atoms. The number of ether oxygens (including phenoxy) is 1. The van der Waals surface area contributed by atoms with E-state index in [-0.39, 0.29) is 0 Å². The molecule has 3 aromatic rings. The Balaban J connectivity index is 1.46. The molecule has 8 heteroatoms. The van der Waals surface area contributed by atoms with Crippen molar-refractivity contribution in [3.63, 3.8) is 0 Å². The van der Waals surface area contributed by atoms with E-state index in [0.29, 0.717) is 29.7 Å². The zero-order valence-electron chi connectivity index (χ0n) is 17.4. The SMILES string of the molecule is CN=C(NCCc1nc(-c2cccc(Cl)c2)no1)NCCc1cc(C)ccc1OC. The fourth-order valence-corrected chi connectivity index (χ4v) is 3.22. The Bertz CT molecular complexity index is 1000. The highest BCUT2D eigenvalue weighted by molar-refractivity contribution is 6.30. The molecule has 3 rings (SSSR count). The van der Waals surface area contributed by atoms with Gasteiger partial charge in [0.2, 0.25) is 11.7 Å². The minimum atomic E-state index is 0.530. The van der Waals surface area contributed by atoms with E-state index in [1.807, 2.05) is 36.4 Å². The molecule has 0 unspecified atom stereocenters. The van der Waals surface area contributed by atoms with Crippen molar-refractivity contribution in [3.8, 4) is 17.1 Å². The molecular formula is C22H26ClN5O2. The molecule has 158 valence electrons. The maximum atomic E-state index is 6.02. The molecule has 0 atom stereocenters. The Morgan fingerprint density at radius 3 is 2.67 bits per heavy atom. The minimum Gasteiger partial charge on any atom is -0.496 e. The van der Waals surface area contributed by atoms with Crippen LogP contribution in [0.5, 0.6) is 5.75 Å². The van der Waals surface area contributed by atoms with Gasteiger partial charge in [-0.25, -0.2) is 0 Å². The molecule has 0 radical (unpaired) electrons. The van der Waals surface area contributed by atoms with Crippen LogP contribution >= 0.6 is 11.6 Å². The molecular weight excluding hydrogens is 402 g/mol. The summed E-state index contributed by atoms with van der Waals surface area (Å²) in [6, 6.07) is 13.6. The van der Waals surface area contributed by atoms with Gasteiger partial charge in [0.1, 0.15) is 5.75 Å². The first-order chi connectivity index (χ1) is 14.6. The molecule has 0 aliphatic heterocycles. The molecule has 0 amide bonds. The lowest BCUT2D eigenvalue weighted by Crippen LogP contribution is -2.39. The quantitative estimate of drug-likeness (QED) is 0.421. The van der Waals surface area contributed by atoms with E-state index in [1.54, 1.807) is 14.2 Å². The van der Waals surface area contributed by atoms with Gasteiger partial charge >= 0.3 is 0 Å². The molecule has 0 aliphatic rings. The van der Waals surface area contributed by atoms with Gasteiger partial charge in [-0.2, -0.15) is 4.98 Å². The van der Waals surface area contributed by atoms with Gasteiger partial charge in [-0.15, -0.1) is 0 Å². The number of aliphatic imine (C=N–C) groups is 1. The van der Waals surface area contributed by atoms with Gasteiger partial charge in [0.05, 0.1) is 7.11 Å². The molecule has 1 aromatic heterocycles. The molecule has 0 saturated carbocycles. The number of hydrogen-bond donors (Lipinski definition) is 2. The number of halogens is 1. The maximum absolute atomic E-state index is 6.02. The van der Waals surface area contributed by atoms with Crippen molar-refractivity contribution in [1.29, 1.82) is 0 Å². The predicted octanol–water partition coefficient (Wildman–Crippen LogP) is 3.66. The molecule has 0 bridgehead atoms.